The topological polar surface area (TPSA) is 110 Å². The Morgan fingerprint density at radius 3 is 2.38 bits per heavy atom. The molecule has 1 N–H and O–H groups in total. The van der Waals surface area contributed by atoms with Gasteiger partial charge in [-0.05, 0) is 51.0 Å². The van der Waals surface area contributed by atoms with E-state index in [4.69, 9.17) is 4.74 Å². The maximum atomic E-state index is 13.1. The Morgan fingerprint density at radius 2 is 1.69 bits per heavy atom. The number of rotatable bonds is 7. The summed E-state index contributed by atoms with van der Waals surface area (Å²) in [5.41, 5.74) is 0.708. The number of hydrogen-bond donors (Lipinski definition) is 1. The minimum Gasteiger partial charge on any atom is -0.449 e. The van der Waals surface area contributed by atoms with Gasteiger partial charge in [-0.3, -0.25) is 9.59 Å². The van der Waals surface area contributed by atoms with Gasteiger partial charge in [-0.15, -0.1) is 0 Å². The number of anilines is 1. The maximum Gasteiger partial charge on any atom is 0.340 e. The van der Waals surface area contributed by atoms with Gasteiger partial charge >= 0.3 is 5.97 Å². The summed E-state index contributed by atoms with van der Waals surface area (Å²) in [6.07, 6.45) is 1.33. The number of sulfonamides is 1. The molecular formula is C23H26N2O6S. The summed E-state index contributed by atoms with van der Waals surface area (Å²) in [7, 11) is -3.86. The number of Topliss-reactive ketones (excluding diaryl/α,β-unsaturated/α-hetero) is 1. The average Bonchev–Trinajstić information content (AvgIpc) is 2.79. The summed E-state index contributed by atoms with van der Waals surface area (Å²) < 4.78 is 32.8. The van der Waals surface area contributed by atoms with Crippen LogP contribution in [0.25, 0.3) is 0 Å². The van der Waals surface area contributed by atoms with Crippen molar-refractivity contribution in [2.24, 2.45) is 0 Å². The molecule has 0 bridgehead atoms. The number of carbonyl (C=O) groups is 3. The third-order valence-electron chi connectivity index (χ3n) is 5.23. The first-order valence-corrected chi connectivity index (χ1v) is 11.9. The van der Waals surface area contributed by atoms with E-state index in [9.17, 15) is 22.8 Å². The first-order chi connectivity index (χ1) is 15.2. The van der Waals surface area contributed by atoms with Crippen molar-refractivity contribution in [3.63, 3.8) is 0 Å². The van der Waals surface area contributed by atoms with Crippen LogP contribution in [0.4, 0.5) is 5.69 Å². The van der Waals surface area contributed by atoms with Crippen LogP contribution in [0, 0.1) is 0 Å². The maximum absolute atomic E-state index is 13.1. The van der Waals surface area contributed by atoms with Crippen molar-refractivity contribution in [2.45, 2.75) is 44.1 Å². The predicted octanol–water partition coefficient (Wildman–Crippen LogP) is 3.25. The van der Waals surface area contributed by atoms with E-state index in [0.29, 0.717) is 24.3 Å². The number of ether oxygens (including phenoxy) is 1. The van der Waals surface area contributed by atoms with Crippen LogP contribution in [0.5, 0.6) is 0 Å². The second-order valence-corrected chi connectivity index (χ2v) is 9.54. The third-order valence-corrected chi connectivity index (χ3v) is 7.19. The minimum absolute atomic E-state index is 0.115. The van der Waals surface area contributed by atoms with E-state index in [1.54, 1.807) is 30.3 Å². The first-order valence-electron chi connectivity index (χ1n) is 10.4. The van der Waals surface area contributed by atoms with Crippen LogP contribution in [0.15, 0.2) is 53.4 Å². The summed E-state index contributed by atoms with van der Waals surface area (Å²) >= 11 is 0. The molecule has 32 heavy (non-hydrogen) atoms. The number of benzene rings is 2. The van der Waals surface area contributed by atoms with Crippen LogP contribution in [-0.2, 0) is 19.6 Å². The van der Waals surface area contributed by atoms with E-state index >= 15 is 0 Å². The molecule has 1 aliphatic rings. The number of nitrogens with one attached hydrogen (secondary N) is 1. The van der Waals surface area contributed by atoms with Gasteiger partial charge in [-0.25, -0.2) is 13.2 Å². The number of amides is 1. The number of carbonyl (C=O) groups excluding carboxylic acids is 3. The average molecular weight is 459 g/mol. The van der Waals surface area contributed by atoms with Gasteiger partial charge in [0, 0.05) is 24.3 Å². The van der Waals surface area contributed by atoms with Gasteiger partial charge < -0.3 is 10.1 Å². The lowest BCUT2D eigenvalue weighted by atomic mass is 10.1. The molecule has 2 aromatic carbocycles. The van der Waals surface area contributed by atoms with Gasteiger partial charge in [0.25, 0.3) is 5.91 Å². The van der Waals surface area contributed by atoms with E-state index in [0.717, 1.165) is 19.3 Å². The number of esters is 1. The monoisotopic (exact) mass is 458 g/mol. The summed E-state index contributed by atoms with van der Waals surface area (Å²) in [4.78, 5) is 36.6. The molecule has 8 nitrogen and oxygen atoms in total. The van der Waals surface area contributed by atoms with Crippen LogP contribution in [0.1, 0.15) is 53.8 Å². The molecule has 0 aromatic heterocycles. The number of hydrogen-bond acceptors (Lipinski definition) is 6. The summed E-state index contributed by atoms with van der Waals surface area (Å²) in [5.74, 6) is -1.65. The lowest BCUT2D eigenvalue weighted by Crippen LogP contribution is -2.36. The summed E-state index contributed by atoms with van der Waals surface area (Å²) in [5, 5.41) is 2.60. The summed E-state index contributed by atoms with van der Waals surface area (Å²) in [6, 6.07) is 12.2. The van der Waals surface area contributed by atoms with Crippen molar-refractivity contribution in [1.29, 1.82) is 0 Å². The zero-order valence-electron chi connectivity index (χ0n) is 18.0. The molecule has 0 aliphatic carbocycles. The van der Waals surface area contributed by atoms with Gasteiger partial charge in [0.2, 0.25) is 10.0 Å². The molecule has 1 amide bonds. The Labute approximate surface area is 187 Å². The van der Waals surface area contributed by atoms with Crippen molar-refractivity contribution in [2.75, 3.05) is 18.4 Å². The van der Waals surface area contributed by atoms with Crippen LogP contribution in [-0.4, -0.2) is 49.6 Å². The zero-order chi connectivity index (χ0) is 23.3. The van der Waals surface area contributed by atoms with Gasteiger partial charge in [0.05, 0.1) is 10.5 Å². The molecule has 1 aliphatic heterocycles. The Kier molecular flexibility index (Phi) is 7.42. The molecule has 1 heterocycles. The highest BCUT2D eigenvalue weighted by atomic mass is 32.2. The molecule has 0 saturated carbocycles. The molecule has 0 radical (unpaired) electrons. The van der Waals surface area contributed by atoms with Gasteiger partial charge in [-0.1, -0.05) is 30.7 Å². The van der Waals surface area contributed by atoms with Crippen molar-refractivity contribution in [3.05, 3.63) is 59.7 Å². The Bertz CT molecular complexity index is 1120. The van der Waals surface area contributed by atoms with Gasteiger partial charge in [0.15, 0.2) is 11.9 Å². The molecule has 0 spiro atoms. The van der Waals surface area contributed by atoms with Crippen molar-refractivity contribution >= 4 is 33.4 Å². The Hall–Kier alpha value is -3.04. The Balaban J connectivity index is 1.74. The Morgan fingerprint density at radius 1 is 1.00 bits per heavy atom. The smallest absolute Gasteiger partial charge is 0.340 e. The molecule has 2 aromatic rings. The largest absolute Gasteiger partial charge is 0.449 e. The van der Waals surface area contributed by atoms with E-state index in [2.05, 4.69) is 5.32 Å². The van der Waals surface area contributed by atoms with Crippen LogP contribution >= 0.6 is 0 Å². The quantitative estimate of drug-likeness (QED) is 0.504. The number of nitrogens with zero attached hydrogens (tertiary/aromatic N) is 1. The van der Waals surface area contributed by atoms with Gasteiger partial charge in [-0.2, -0.15) is 4.31 Å². The third kappa shape index (κ3) is 5.41. The second-order valence-electron chi connectivity index (χ2n) is 7.63. The van der Waals surface area contributed by atoms with Crippen molar-refractivity contribution < 1.29 is 27.5 Å². The fourth-order valence-electron chi connectivity index (χ4n) is 3.44. The van der Waals surface area contributed by atoms with E-state index < -0.39 is 28.0 Å². The molecule has 1 fully saturated rings. The normalized spacial score (nSPS) is 15.6. The highest BCUT2D eigenvalue weighted by Crippen LogP contribution is 2.24. The van der Waals surface area contributed by atoms with Crippen LogP contribution in [0.2, 0.25) is 0 Å². The van der Waals surface area contributed by atoms with E-state index in [1.165, 1.54) is 36.4 Å². The van der Waals surface area contributed by atoms with Crippen LogP contribution in [0.3, 0.4) is 0 Å². The van der Waals surface area contributed by atoms with Crippen molar-refractivity contribution in [1.82, 2.24) is 4.31 Å². The molecule has 1 saturated heterocycles. The number of ketones is 1. The van der Waals surface area contributed by atoms with Gasteiger partial charge in [0.1, 0.15) is 0 Å². The lowest BCUT2D eigenvalue weighted by molar-refractivity contribution is -0.123. The first kappa shape index (κ1) is 23.6. The molecular weight excluding hydrogens is 432 g/mol. The summed E-state index contributed by atoms with van der Waals surface area (Å²) in [6.45, 7) is 3.62. The van der Waals surface area contributed by atoms with Crippen LogP contribution < -0.4 is 5.32 Å². The second kappa shape index (κ2) is 10.1. The fraction of sp³-hybridized carbons (Fsp3) is 0.348. The highest BCUT2D eigenvalue weighted by Gasteiger charge is 2.31. The standard InChI is InChI=1S/C23H26N2O6S/c1-16(26)18-9-8-10-19(15-18)24-22(27)17(2)31-23(28)20-11-4-5-12-21(20)32(29,30)25-13-6-3-7-14-25/h4-5,8-12,15,17H,3,6-7,13-14H2,1-2H3,(H,24,27). The SMILES string of the molecule is CC(=O)c1cccc(NC(=O)C(C)OC(=O)c2ccccc2S(=O)(=O)N2CCCCC2)c1. The highest BCUT2D eigenvalue weighted by molar-refractivity contribution is 7.89. The van der Waals surface area contributed by atoms with E-state index in [-0.39, 0.29) is 16.2 Å². The molecule has 9 heteroatoms. The lowest BCUT2D eigenvalue weighted by Gasteiger charge is -2.26. The predicted molar refractivity (Wildman–Crippen MR) is 119 cm³/mol. The minimum atomic E-state index is -3.86. The molecule has 1 atom stereocenters. The molecule has 1 unspecified atom stereocenters. The molecule has 3 rings (SSSR count). The number of piperidine rings is 1. The van der Waals surface area contributed by atoms with Crippen molar-refractivity contribution in [3.8, 4) is 0 Å². The zero-order valence-corrected chi connectivity index (χ0v) is 18.9. The van der Waals surface area contributed by atoms with E-state index in [1.807, 2.05) is 0 Å². The fourth-order valence-corrected chi connectivity index (χ4v) is 5.14. The molecule has 170 valence electrons.